The summed E-state index contributed by atoms with van der Waals surface area (Å²) in [6.07, 6.45) is 0.351. The van der Waals surface area contributed by atoms with Crippen LogP contribution in [0.3, 0.4) is 0 Å². The summed E-state index contributed by atoms with van der Waals surface area (Å²) in [5.41, 5.74) is 2.32. The van der Waals surface area contributed by atoms with E-state index in [-0.39, 0.29) is 17.4 Å². The van der Waals surface area contributed by atoms with Gasteiger partial charge in [-0.05, 0) is 42.8 Å². The highest BCUT2D eigenvalue weighted by atomic mass is 32.2. The quantitative estimate of drug-likeness (QED) is 0.634. The van der Waals surface area contributed by atoms with E-state index in [1.165, 1.54) is 7.11 Å². The first-order valence-corrected chi connectivity index (χ1v) is 10.5. The van der Waals surface area contributed by atoms with Gasteiger partial charge in [0, 0.05) is 16.8 Å². The Morgan fingerprint density at radius 3 is 2.39 bits per heavy atom. The Labute approximate surface area is 163 Å². The van der Waals surface area contributed by atoms with Crippen LogP contribution in [-0.2, 0) is 19.4 Å². The van der Waals surface area contributed by atoms with E-state index in [9.17, 15) is 18.0 Å². The highest BCUT2D eigenvalue weighted by Gasteiger charge is 2.32. The van der Waals surface area contributed by atoms with Gasteiger partial charge in [0.25, 0.3) is 0 Å². The van der Waals surface area contributed by atoms with Gasteiger partial charge in [0.05, 0.1) is 30.1 Å². The topological polar surface area (TPSA) is 89.5 Å². The number of anilines is 1. The molecule has 0 spiro atoms. The fourth-order valence-corrected chi connectivity index (χ4v) is 4.65. The smallest absolute Gasteiger partial charge is 0.337 e. The number of nitrogens with one attached hydrogen (secondary N) is 1. The Bertz CT molecular complexity index is 1080. The predicted molar refractivity (Wildman–Crippen MR) is 106 cm³/mol. The maximum absolute atomic E-state index is 12.3. The molecule has 1 N–H and O–H groups in total. The molecule has 1 fully saturated rings. The Balaban J connectivity index is 1.72. The van der Waals surface area contributed by atoms with E-state index >= 15 is 0 Å². The van der Waals surface area contributed by atoms with E-state index < -0.39 is 21.7 Å². The third-order valence-electron chi connectivity index (χ3n) is 4.37. The lowest BCUT2D eigenvalue weighted by atomic mass is 10.1. The second-order valence-electron chi connectivity index (χ2n) is 6.49. The molecule has 1 saturated heterocycles. The summed E-state index contributed by atoms with van der Waals surface area (Å²) in [6.45, 7) is 0. The summed E-state index contributed by atoms with van der Waals surface area (Å²) < 4.78 is 27.8. The molecule has 1 aliphatic rings. The van der Waals surface area contributed by atoms with Crippen molar-refractivity contribution in [3.8, 4) is 11.8 Å². The first kappa shape index (κ1) is 19.6. The first-order chi connectivity index (χ1) is 13.4. The number of carbonyl (C=O) groups excluding carboxylic acids is 2. The molecule has 0 saturated carbocycles. The van der Waals surface area contributed by atoms with Crippen molar-refractivity contribution in [2.75, 3.05) is 23.9 Å². The van der Waals surface area contributed by atoms with E-state index in [0.29, 0.717) is 28.8 Å². The number of amides is 1. The zero-order valence-electron chi connectivity index (χ0n) is 15.3. The van der Waals surface area contributed by atoms with Crippen LogP contribution in [0.5, 0.6) is 0 Å². The molecule has 28 heavy (non-hydrogen) atoms. The molecule has 3 rings (SSSR count). The van der Waals surface area contributed by atoms with Gasteiger partial charge in [-0.3, -0.25) is 4.79 Å². The van der Waals surface area contributed by atoms with Crippen molar-refractivity contribution in [1.29, 1.82) is 0 Å². The molecule has 1 unspecified atom stereocenters. The minimum atomic E-state index is -3.11. The Kier molecular flexibility index (Phi) is 5.81. The molecule has 1 aliphatic heterocycles. The first-order valence-electron chi connectivity index (χ1n) is 8.68. The second kappa shape index (κ2) is 8.28. The van der Waals surface area contributed by atoms with Crippen molar-refractivity contribution in [3.05, 3.63) is 65.2 Å². The maximum atomic E-state index is 12.3. The van der Waals surface area contributed by atoms with E-state index in [2.05, 4.69) is 17.2 Å². The number of hydrogen-bond donors (Lipinski definition) is 1. The van der Waals surface area contributed by atoms with Crippen molar-refractivity contribution >= 4 is 27.4 Å². The van der Waals surface area contributed by atoms with Crippen LogP contribution in [0.25, 0.3) is 0 Å². The largest absolute Gasteiger partial charge is 0.465 e. The number of benzene rings is 2. The van der Waals surface area contributed by atoms with Crippen molar-refractivity contribution in [1.82, 2.24) is 0 Å². The Hall–Kier alpha value is -3.11. The molecular weight excluding hydrogens is 378 g/mol. The summed E-state index contributed by atoms with van der Waals surface area (Å²) in [7, 11) is -1.79. The summed E-state index contributed by atoms with van der Waals surface area (Å²) in [5, 5.41) is 2.76. The van der Waals surface area contributed by atoms with Gasteiger partial charge in [-0.15, -0.1) is 0 Å². The van der Waals surface area contributed by atoms with Crippen LogP contribution < -0.4 is 5.32 Å². The van der Waals surface area contributed by atoms with Crippen molar-refractivity contribution < 1.29 is 22.7 Å². The monoisotopic (exact) mass is 397 g/mol. The van der Waals surface area contributed by atoms with E-state index in [0.717, 1.165) is 0 Å². The lowest BCUT2D eigenvalue weighted by Gasteiger charge is -2.09. The predicted octanol–water partition coefficient (Wildman–Crippen LogP) is 2.25. The Morgan fingerprint density at radius 1 is 1.07 bits per heavy atom. The van der Waals surface area contributed by atoms with Crippen LogP contribution in [0.1, 0.15) is 27.9 Å². The molecule has 2 aromatic carbocycles. The fraction of sp³-hybridized carbons (Fsp3) is 0.238. The normalized spacial score (nSPS) is 17.2. The fourth-order valence-electron chi connectivity index (χ4n) is 2.91. The van der Waals surface area contributed by atoms with Gasteiger partial charge < -0.3 is 10.1 Å². The molecule has 0 radical (unpaired) electrons. The number of hydrogen-bond acceptors (Lipinski definition) is 5. The number of ether oxygens (including phenoxy) is 1. The van der Waals surface area contributed by atoms with Crippen LogP contribution in [-0.4, -0.2) is 38.9 Å². The molecule has 0 aromatic heterocycles. The summed E-state index contributed by atoms with van der Waals surface area (Å²) >= 11 is 0. The minimum absolute atomic E-state index is 0.0568. The zero-order chi connectivity index (χ0) is 20.1. The van der Waals surface area contributed by atoms with Crippen molar-refractivity contribution in [3.63, 3.8) is 0 Å². The van der Waals surface area contributed by atoms with Gasteiger partial charge in [-0.2, -0.15) is 0 Å². The molecule has 2 aromatic rings. The molecular formula is C21H19NO5S. The van der Waals surface area contributed by atoms with Crippen LogP contribution in [0.15, 0.2) is 48.5 Å². The third kappa shape index (κ3) is 4.99. The molecule has 7 heteroatoms. The van der Waals surface area contributed by atoms with E-state index in [1.807, 2.05) is 0 Å². The van der Waals surface area contributed by atoms with Gasteiger partial charge in [-0.25, -0.2) is 13.2 Å². The van der Waals surface area contributed by atoms with Gasteiger partial charge in [-0.1, -0.05) is 24.0 Å². The Morgan fingerprint density at radius 2 is 1.75 bits per heavy atom. The summed E-state index contributed by atoms with van der Waals surface area (Å²) in [5.74, 6) is 4.69. The van der Waals surface area contributed by atoms with Gasteiger partial charge in [0.15, 0.2) is 9.84 Å². The molecule has 144 valence electrons. The van der Waals surface area contributed by atoms with Gasteiger partial charge >= 0.3 is 5.97 Å². The summed E-state index contributed by atoms with van der Waals surface area (Å²) in [6, 6.07) is 13.8. The number of esters is 1. The average Bonchev–Trinajstić information content (AvgIpc) is 3.06. The van der Waals surface area contributed by atoms with Crippen molar-refractivity contribution in [2.45, 2.75) is 6.42 Å². The molecule has 1 heterocycles. The highest BCUT2D eigenvalue weighted by molar-refractivity contribution is 7.91. The number of rotatable bonds is 3. The van der Waals surface area contributed by atoms with Crippen LogP contribution in [0.2, 0.25) is 0 Å². The lowest BCUT2D eigenvalue weighted by Crippen LogP contribution is -2.23. The molecule has 0 aliphatic carbocycles. The van der Waals surface area contributed by atoms with E-state index in [1.54, 1.807) is 48.5 Å². The number of methoxy groups -OCH3 is 1. The van der Waals surface area contributed by atoms with Crippen molar-refractivity contribution in [2.24, 2.45) is 5.92 Å². The summed E-state index contributed by atoms with van der Waals surface area (Å²) in [4.78, 5) is 23.9. The molecule has 0 bridgehead atoms. The van der Waals surface area contributed by atoms with Crippen LogP contribution >= 0.6 is 0 Å². The lowest BCUT2D eigenvalue weighted by molar-refractivity contribution is -0.119. The van der Waals surface area contributed by atoms with E-state index in [4.69, 9.17) is 4.74 Å². The highest BCUT2D eigenvalue weighted by Crippen LogP contribution is 2.20. The second-order valence-corrected chi connectivity index (χ2v) is 8.72. The zero-order valence-corrected chi connectivity index (χ0v) is 16.1. The standard InChI is InChI=1S/C21H19NO5S/c1-27-21(24)17-6-2-4-15(12-17)8-9-16-5-3-7-19(13-16)22-20(23)18-10-11-28(25,26)14-18/h2-7,12-13,18H,10-11,14H2,1H3,(H,22,23). The maximum Gasteiger partial charge on any atom is 0.337 e. The third-order valence-corrected chi connectivity index (χ3v) is 6.14. The van der Waals surface area contributed by atoms with Crippen LogP contribution in [0.4, 0.5) is 5.69 Å². The van der Waals surface area contributed by atoms with Gasteiger partial charge in [0.1, 0.15) is 0 Å². The van der Waals surface area contributed by atoms with Gasteiger partial charge in [0.2, 0.25) is 5.91 Å². The van der Waals surface area contributed by atoms with Crippen LogP contribution in [0, 0.1) is 17.8 Å². The number of carbonyl (C=O) groups is 2. The molecule has 1 atom stereocenters. The molecule has 6 nitrogen and oxygen atoms in total. The molecule has 1 amide bonds. The number of sulfone groups is 1. The minimum Gasteiger partial charge on any atom is -0.465 e. The SMILES string of the molecule is COC(=O)c1cccc(C#Cc2cccc(NC(=O)C3CCS(=O)(=O)C3)c2)c1. The average molecular weight is 397 g/mol.